The zero-order chi connectivity index (χ0) is 15.1. The second-order valence-corrected chi connectivity index (χ2v) is 6.88. The first-order valence-electron chi connectivity index (χ1n) is 8.06. The Morgan fingerprint density at radius 3 is 2.62 bits per heavy atom. The number of nitrogens with one attached hydrogen (secondary N) is 1. The minimum Gasteiger partial charge on any atom is -0.376 e. The van der Waals surface area contributed by atoms with Crippen LogP contribution in [0.2, 0.25) is 0 Å². The lowest BCUT2D eigenvalue weighted by Gasteiger charge is -2.23. The molecule has 1 saturated heterocycles. The van der Waals surface area contributed by atoms with Gasteiger partial charge in [0.05, 0.1) is 19.3 Å². The van der Waals surface area contributed by atoms with Crippen LogP contribution < -0.4 is 5.32 Å². The lowest BCUT2D eigenvalue weighted by atomic mass is 10.1. The summed E-state index contributed by atoms with van der Waals surface area (Å²) < 4.78 is 11.6. The summed E-state index contributed by atoms with van der Waals surface area (Å²) >= 11 is 0. The van der Waals surface area contributed by atoms with E-state index in [2.05, 4.69) is 50.4 Å². The zero-order valence-corrected chi connectivity index (χ0v) is 13.7. The third-order valence-corrected chi connectivity index (χ3v) is 3.76. The van der Waals surface area contributed by atoms with Crippen LogP contribution in [0.3, 0.4) is 0 Å². The first-order valence-corrected chi connectivity index (χ1v) is 8.06. The zero-order valence-electron chi connectivity index (χ0n) is 13.7. The Bertz CT molecular complexity index is 419. The van der Waals surface area contributed by atoms with Crippen LogP contribution in [0.15, 0.2) is 24.3 Å². The molecule has 1 fully saturated rings. The van der Waals surface area contributed by atoms with E-state index in [0.29, 0.717) is 19.3 Å². The van der Waals surface area contributed by atoms with Crippen LogP contribution >= 0.6 is 0 Å². The molecule has 0 aromatic heterocycles. The Morgan fingerprint density at radius 2 is 1.95 bits per heavy atom. The number of hydrogen-bond acceptors (Lipinski definition) is 3. The minimum atomic E-state index is 0.129. The van der Waals surface area contributed by atoms with Gasteiger partial charge in [0.1, 0.15) is 0 Å². The van der Waals surface area contributed by atoms with E-state index >= 15 is 0 Å². The van der Waals surface area contributed by atoms with Crippen LogP contribution in [0.25, 0.3) is 0 Å². The highest BCUT2D eigenvalue weighted by molar-refractivity contribution is 5.26. The van der Waals surface area contributed by atoms with Crippen molar-refractivity contribution in [3.63, 3.8) is 0 Å². The number of benzene rings is 1. The van der Waals surface area contributed by atoms with Gasteiger partial charge in [-0.25, -0.2) is 0 Å². The summed E-state index contributed by atoms with van der Waals surface area (Å²) in [5.41, 5.74) is 2.71. The first kappa shape index (κ1) is 16.5. The van der Waals surface area contributed by atoms with Crippen molar-refractivity contribution < 1.29 is 9.47 Å². The Balaban J connectivity index is 1.81. The van der Waals surface area contributed by atoms with Crippen molar-refractivity contribution >= 4 is 0 Å². The fourth-order valence-electron chi connectivity index (χ4n) is 2.47. The molecule has 0 spiro atoms. The van der Waals surface area contributed by atoms with E-state index < -0.39 is 0 Å². The summed E-state index contributed by atoms with van der Waals surface area (Å²) in [6.07, 6.45) is 3.88. The molecule has 2 rings (SSSR count). The molecule has 0 radical (unpaired) electrons. The predicted octanol–water partition coefficient (Wildman–Crippen LogP) is 3.66. The summed E-state index contributed by atoms with van der Waals surface area (Å²) in [5, 5.41) is 3.54. The largest absolute Gasteiger partial charge is 0.376 e. The fraction of sp³-hybridized carbons (Fsp3) is 0.667. The first-order chi connectivity index (χ1) is 10.0. The lowest BCUT2D eigenvalue weighted by molar-refractivity contribution is -0.0448. The van der Waals surface area contributed by atoms with Gasteiger partial charge in [-0.05, 0) is 51.2 Å². The van der Waals surface area contributed by atoms with Crippen LogP contribution in [0.4, 0.5) is 0 Å². The third-order valence-electron chi connectivity index (χ3n) is 3.76. The molecular formula is C18H29NO2. The molecule has 3 heteroatoms. The maximum absolute atomic E-state index is 5.88. The Hall–Kier alpha value is -0.900. The highest BCUT2D eigenvalue weighted by atomic mass is 16.5. The van der Waals surface area contributed by atoms with Crippen molar-refractivity contribution in [1.82, 2.24) is 5.32 Å². The Labute approximate surface area is 129 Å². The SMILES string of the molecule is CC(C)(C)NCc1ccccc1COCC1CCCCO1. The van der Waals surface area contributed by atoms with Gasteiger partial charge in [0, 0.05) is 18.7 Å². The molecule has 1 N–H and O–H groups in total. The highest BCUT2D eigenvalue weighted by Gasteiger charge is 2.14. The second-order valence-electron chi connectivity index (χ2n) is 6.88. The summed E-state index contributed by atoms with van der Waals surface area (Å²) in [7, 11) is 0. The van der Waals surface area contributed by atoms with Crippen molar-refractivity contribution in [3.8, 4) is 0 Å². The minimum absolute atomic E-state index is 0.129. The molecule has 0 saturated carbocycles. The van der Waals surface area contributed by atoms with Gasteiger partial charge in [-0.15, -0.1) is 0 Å². The van der Waals surface area contributed by atoms with Gasteiger partial charge in [0.15, 0.2) is 0 Å². The highest BCUT2D eigenvalue weighted by Crippen LogP contribution is 2.15. The van der Waals surface area contributed by atoms with E-state index in [0.717, 1.165) is 19.6 Å². The molecule has 1 unspecified atom stereocenters. The third kappa shape index (κ3) is 6.16. The maximum atomic E-state index is 5.88. The van der Waals surface area contributed by atoms with Crippen LogP contribution in [0.1, 0.15) is 51.2 Å². The Kier molecular flexibility index (Phi) is 6.22. The van der Waals surface area contributed by atoms with Crippen molar-refractivity contribution in [3.05, 3.63) is 35.4 Å². The lowest BCUT2D eigenvalue weighted by Crippen LogP contribution is -2.35. The van der Waals surface area contributed by atoms with Gasteiger partial charge in [-0.2, -0.15) is 0 Å². The molecule has 0 aliphatic carbocycles. The van der Waals surface area contributed by atoms with Gasteiger partial charge < -0.3 is 14.8 Å². The molecule has 1 atom stereocenters. The number of rotatable bonds is 6. The topological polar surface area (TPSA) is 30.5 Å². The van der Waals surface area contributed by atoms with E-state index in [1.165, 1.54) is 24.0 Å². The monoisotopic (exact) mass is 291 g/mol. The van der Waals surface area contributed by atoms with Gasteiger partial charge in [-0.3, -0.25) is 0 Å². The fourth-order valence-corrected chi connectivity index (χ4v) is 2.47. The van der Waals surface area contributed by atoms with Crippen molar-refractivity contribution in [2.75, 3.05) is 13.2 Å². The average Bonchev–Trinajstić information content (AvgIpc) is 2.46. The van der Waals surface area contributed by atoms with E-state index in [-0.39, 0.29) is 5.54 Å². The van der Waals surface area contributed by atoms with Gasteiger partial charge in [0.2, 0.25) is 0 Å². The molecule has 1 heterocycles. The summed E-state index contributed by atoms with van der Waals surface area (Å²) in [4.78, 5) is 0. The molecule has 1 aromatic carbocycles. The van der Waals surface area contributed by atoms with Gasteiger partial charge >= 0.3 is 0 Å². The maximum Gasteiger partial charge on any atom is 0.0808 e. The standard InChI is InChI=1S/C18H29NO2/c1-18(2,3)19-12-15-8-4-5-9-16(15)13-20-14-17-10-6-7-11-21-17/h4-5,8-9,17,19H,6-7,10-14H2,1-3H3. The Morgan fingerprint density at radius 1 is 1.19 bits per heavy atom. The normalized spacial score (nSPS) is 19.7. The molecule has 118 valence electrons. The summed E-state index contributed by atoms with van der Waals surface area (Å²) in [6, 6.07) is 8.50. The van der Waals surface area contributed by atoms with Crippen molar-refractivity contribution in [1.29, 1.82) is 0 Å². The quantitative estimate of drug-likeness (QED) is 0.867. The predicted molar refractivity (Wildman–Crippen MR) is 86.3 cm³/mol. The van der Waals surface area contributed by atoms with Crippen molar-refractivity contribution in [2.45, 2.75) is 64.8 Å². The van der Waals surface area contributed by atoms with Crippen molar-refractivity contribution in [2.24, 2.45) is 0 Å². The second kappa shape index (κ2) is 7.92. The van der Waals surface area contributed by atoms with Crippen LogP contribution in [0, 0.1) is 0 Å². The van der Waals surface area contributed by atoms with Gasteiger partial charge in [0.25, 0.3) is 0 Å². The summed E-state index contributed by atoms with van der Waals surface area (Å²) in [5.74, 6) is 0. The van der Waals surface area contributed by atoms with Gasteiger partial charge in [-0.1, -0.05) is 24.3 Å². The van der Waals surface area contributed by atoms with E-state index in [9.17, 15) is 0 Å². The van der Waals surface area contributed by atoms with E-state index in [1.54, 1.807) is 0 Å². The molecule has 1 aromatic rings. The molecule has 0 bridgehead atoms. The van der Waals surface area contributed by atoms with E-state index in [4.69, 9.17) is 9.47 Å². The van der Waals surface area contributed by atoms with E-state index in [1.807, 2.05) is 0 Å². The molecular weight excluding hydrogens is 262 g/mol. The van der Waals surface area contributed by atoms with Crippen LogP contribution in [-0.4, -0.2) is 24.9 Å². The molecule has 1 aliphatic heterocycles. The summed E-state index contributed by atoms with van der Waals surface area (Å²) in [6.45, 7) is 9.71. The number of ether oxygens (including phenoxy) is 2. The smallest absolute Gasteiger partial charge is 0.0808 e. The molecule has 3 nitrogen and oxygen atoms in total. The number of hydrogen-bond donors (Lipinski definition) is 1. The molecule has 0 amide bonds. The van der Waals surface area contributed by atoms with Crippen LogP contribution in [0.5, 0.6) is 0 Å². The molecule has 21 heavy (non-hydrogen) atoms. The average molecular weight is 291 g/mol. The molecule has 1 aliphatic rings. The van der Waals surface area contributed by atoms with Crippen LogP contribution in [-0.2, 0) is 22.6 Å².